The van der Waals surface area contributed by atoms with E-state index in [1.54, 1.807) is 13.8 Å². The summed E-state index contributed by atoms with van der Waals surface area (Å²) in [5.41, 5.74) is 0. The van der Waals surface area contributed by atoms with Crippen LogP contribution in [0.4, 0.5) is 0 Å². The zero-order valence-corrected chi connectivity index (χ0v) is 8.35. The summed E-state index contributed by atoms with van der Waals surface area (Å²) in [5, 5.41) is 7.68. The van der Waals surface area contributed by atoms with Crippen molar-refractivity contribution >= 4 is 39.2 Å². The highest BCUT2D eigenvalue weighted by atomic mass is 35.8. The molecule has 9 heavy (non-hydrogen) atoms. The van der Waals surface area contributed by atoms with E-state index in [4.69, 9.17) is 38.5 Å². The Bertz CT molecular complexity index is 143. The molecule has 5 heteroatoms. The van der Waals surface area contributed by atoms with Crippen LogP contribution in [0.3, 0.4) is 0 Å². The van der Waals surface area contributed by atoms with Gasteiger partial charge < -0.3 is 0 Å². The second-order valence-electron chi connectivity index (χ2n) is 2.23. The molecule has 0 aliphatic heterocycles. The lowest BCUT2D eigenvalue weighted by Crippen LogP contribution is -2.26. The quantitative estimate of drug-likeness (QED) is 0.474. The molecule has 0 rings (SSSR count). The molecule has 0 fully saturated rings. The Morgan fingerprint density at radius 2 is 1.67 bits per heavy atom. The standard InChI is InChI=1S/C4H6Cl3NSi/c1-4(2,3-8)9(5,6)7/h1-2H3. The van der Waals surface area contributed by atoms with Gasteiger partial charge in [-0.05, 0) is 13.8 Å². The van der Waals surface area contributed by atoms with Crippen molar-refractivity contribution in [1.82, 2.24) is 0 Å². The van der Waals surface area contributed by atoms with E-state index < -0.39 is 11.0 Å². The molecular weight excluding hydrogens is 196 g/mol. The average Bonchev–Trinajstić information content (AvgIpc) is 1.64. The highest BCUT2D eigenvalue weighted by Gasteiger charge is 2.44. The predicted molar refractivity (Wildman–Crippen MR) is 43.0 cm³/mol. The van der Waals surface area contributed by atoms with E-state index in [0.717, 1.165) is 0 Å². The molecular formula is C4H6Cl3NSi. The van der Waals surface area contributed by atoms with Crippen molar-refractivity contribution in [3.63, 3.8) is 0 Å². The molecule has 0 radical (unpaired) electrons. The maximum Gasteiger partial charge on any atom is 0.360 e. The SMILES string of the molecule is CC(C)(C#N)[Si](Cl)(Cl)Cl. The van der Waals surface area contributed by atoms with Crippen LogP contribution >= 0.6 is 33.2 Å². The molecule has 0 aromatic heterocycles. The molecule has 0 unspecified atom stereocenters. The Labute approximate surface area is 69.6 Å². The molecule has 0 atom stereocenters. The van der Waals surface area contributed by atoms with Crippen LogP contribution in [0.5, 0.6) is 0 Å². The van der Waals surface area contributed by atoms with Crippen molar-refractivity contribution in [3.05, 3.63) is 0 Å². The first-order chi connectivity index (χ1) is 3.81. The summed E-state index contributed by atoms with van der Waals surface area (Å²) < 4.78 is 0. The van der Waals surface area contributed by atoms with E-state index in [9.17, 15) is 0 Å². The number of hydrogen-bond acceptors (Lipinski definition) is 1. The molecule has 0 spiro atoms. The predicted octanol–water partition coefficient (Wildman–Crippen LogP) is 2.95. The summed E-state index contributed by atoms with van der Waals surface area (Å²) in [6.45, 7) is 3.26. The van der Waals surface area contributed by atoms with E-state index in [2.05, 4.69) is 0 Å². The van der Waals surface area contributed by atoms with Gasteiger partial charge in [0.05, 0.1) is 11.1 Å². The monoisotopic (exact) mass is 201 g/mol. The van der Waals surface area contributed by atoms with Crippen molar-refractivity contribution in [2.24, 2.45) is 0 Å². The van der Waals surface area contributed by atoms with Crippen LogP contribution in [0.1, 0.15) is 13.8 Å². The number of nitriles is 1. The van der Waals surface area contributed by atoms with Gasteiger partial charge in [0.1, 0.15) is 0 Å². The van der Waals surface area contributed by atoms with Gasteiger partial charge in [-0.15, -0.1) is 33.2 Å². The van der Waals surface area contributed by atoms with E-state index in [1.165, 1.54) is 0 Å². The van der Waals surface area contributed by atoms with Gasteiger partial charge in [-0.1, -0.05) is 0 Å². The largest absolute Gasteiger partial charge is 0.360 e. The Morgan fingerprint density at radius 1 is 1.33 bits per heavy atom. The lowest BCUT2D eigenvalue weighted by molar-refractivity contribution is 0.863. The highest BCUT2D eigenvalue weighted by molar-refractivity contribution is 7.65. The van der Waals surface area contributed by atoms with Crippen molar-refractivity contribution in [1.29, 1.82) is 5.26 Å². The fourth-order valence-electron chi connectivity index (χ4n) is 0.0634. The van der Waals surface area contributed by atoms with Crippen LogP contribution in [0.2, 0.25) is 5.04 Å². The van der Waals surface area contributed by atoms with Crippen LogP contribution in [0.15, 0.2) is 0 Å². The number of rotatable bonds is 1. The van der Waals surface area contributed by atoms with Gasteiger partial charge in [0.15, 0.2) is 0 Å². The third kappa shape index (κ3) is 2.35. The van der Waals surface area contributed by atoms with Crippen molar-refractivity contribution < 1.29 is 0 Å². The Balaban J connectivity index is 4.39. The summed E-state index contributed by atoms with van der Waals surface area (Å²) in [6, 6.07) is -0.882. The lowest BCUT2D eigenvalue weighted by atomic mass is 10.2. The molecule has 0 heterocycles. The van der Waals surface area contributed by atoms with E-state index >= 15 is 0 Å². The zero-order chi connectivity index (χ0) is 7.71. The summed E-state index contributed by atoms with van der Waals surface area (Å²) in [5.74, 6) is 0. The number of halogens is 3. The van der Waals surface area contributed by atoms with Crippen molar-refractivity contribution in [3.8, 4) is 6.07 Å². The molecule has 1 nitrogen and oxygen atoms in total. The lowest BCUT2D eigenvalue weighted by Gasteiger charge is -2.20. The maximum absolute atomic E-state index is 8.46. The Morgan fingerprint density at radius 3 is 1.67 bits per heavy atom. The zero-order valence-electron chi connectivity index (χ0n) is 5.08. The molecule has 0 aliphatic rings. The van der Waals surface area contributed by atoms with Crippen molar-refractivity contribution in [2.45, 2.75) is 18.9 Å². The van der Waals surface area contributed by atoms with Gasteiger partial charge in [0.2, 0.25) is 0 Å². The number of nitrogens with zero attached hydrogens (tertiary/aromatic N) is 1. The molecule has 0 aliphatic carbocycles. The van der Waals surface area contributed by atoms with E-state index in [-0.39, 0.29) is 0 Å². The van der Waals surface area contributed by atoms with E-state index in [0.29, 0.717) is 0 Å². The van der Waals surface area contributed by atoms with Crippen LogP contribution in [0, 0.1) is 11.3 Å². The Hall–Kier alpha value is 0.577. The number of hydrogen-bond donors (Lipinski definition) is 0. The normalized spacial score (nSPS) is 12.9. The summed E-state index contributed by atoms with van der Waals surface area (Å²) in [6.07, 6.45) is 0. The second kappa shape index (κ2) is 2.67. The fourth-order valence-corrected chi connectivity index (χ4v) is 0.570. The minimum absolute atomic E-state index is 0.780. The van der Waals surface area contributed by atoms with Crippen molar-refractivity contribution in [2.75, 3.05) is 0 Å². The molecule has 0 amide bonds. The molecule has 0 N–H and O–H groups in total. The third-order valence-electron chi connectivity index (χ3n) is 0.988. The van der Waals surface area contributed by atoms with Gasteiger partial charge in [-0.3, -0.25) is 0 Å². The van der Waals surface area contributed by atoms with Gasteiger partial charge in [0.25, 0.3) is 0 Å². The summed E-state index contributed by atoms with van der Waals surface area (Å²) in [7, 11) is 0. The van der Waals surface area contributed by atoms with Gasteiger partial charge in [0, 0.05) is 0 Å². The smallest absolute Gasteiger partial charge is 0.198 e. The molecule has 0 saturated heterocycles. The maximum atomic E-state index is 8.46. The van der Waals surface area contributed by atoms with Gasteiger partial charge in [-0.25, -0.2) is 0 Å². The third-order valence-corrected chi connectivity index (χ3v) is 6.77. The Kier molecular flexibility index (Phi) is 2.84. The second-order valence-corrected chi connectivity index (χ2v) is 11.3. The molecule has 52 valence electrons. The molecule has 0 bridgehead atoms. The van der Waals surface area contributed by atoms with Crippen LogP contribution in [-0.2, 0) is 0 Å². The topological polar surface area (TPSA) is 23.8 Å². The first-order valence-corrected chi connectivity index (χ1v) is 7.33. The molecule has 0 aromatic carbocycles. The first-order valence-electron chi connectivity index (χ1n) is 2.29. The first kappa shape index (κ1) is 9.58. The molecule has 0 saturated carbocycles. The van der Waals surface area contributed by atoms with Gasteiger partial charge in [-0.2, -0.15) is 5.26 Å². The highest BCUT2D eigenvalue weighted by Crippen LogP contribution is 2.44. The van der Waals surface area contributed by atoms with Crippen LogP contribution < -0.4 is 0 Å². The summed E-state index contributed by atoms with van der Waals surface area (Å²) >= 11 is 16.7. The average molecular weight is 203 g/mol. The van der Waals surface area contributed by atoms with E-state index in [1.807, 2.05) is 6.07 Å². The van der Waals surface area contributed by atoms with Gasteiger partial charge >= 0.3 is 6.00 Å². The minimum atomic E-state index is -2.83. The van der Waals surface area contributed by atoms with Crippen LogP contribution in [0.25, 0.3) is 0 Å². The minimum Gasteiger partial charge on any atom is -0.198 e. The van der Waals surface area contributed by atoms with Crippen LogP contribution in [-0.4, -0.2) is 6.00 Å². The fraction of sp³-hybridized carbons (Fsp3) is 0.750. The molecule has 0 aromatic rings. The summed E-state index contributed by atoms with van der Waals surface area (Å²) in [4.78, 5) is 0.